The first kappa shape index (κ1) is 39.6. The van der Waals surface area contributed by atoms with Gasteiger partial charge < -0.3 is 14.6 Å². The average molecular weight is 581 g/mol. The van der Waals surface area contributed by atoms with E-state index >= 15 is 0 Å². The summed E-state index contributed by atoms with van der Waals surface area (Å²) in [5, 5.41) is 9.96. The highest BCUT2D eigenvalue weighted by molar-refractivity contribution is 5.69. The molecule has 0 radical (unpaired) electrons. The minimum absolute atomic E-state index is 0.112. The van der Waals surface area contributed by atoms with Crippen LogP contribution in [0.25, 0.3) is 0 Å². The highest BCUT2D eigenvalue weighted by Crippen LogP contribution is 2.13. The van der Waals surface area contributed by atoms with E-state index in [9.17, 15) is 14.7 Å². The van der Waals surface area contributed by atoms with E-state index in [-0.39, 0.29) is 25.2 Å². The third-order valence-corrected chi connectivity index (χ3v) is 7.75. The molecular weight excluding hydrogens is 512 g/mol. The lowest BCUT2D eigenvalue weighted by atomic mass is 10.0. The quantitative estimate of drug-likeness (QED) is 0.0487. The van der Waals surface area contributed by atoms with E-state index in [0.29, 0.717) is 12.8 Å². The van der Waals surface area contributed by atoms with Gasteiger partial charge in [0.2, 0.25) is 0 Å². The summed E-state index contributed by atoms with van der Waals surface area (Å²) < 4.78 is 10.3. The fourth-order valence-electron chi connectivity index (χ4n) is 5.02. The Morgan fingerprint density at radius 3 is 1.15 bits per heavy atom. The van der Waals surface area contributed by atoms with E-state index in [2.05, 4.69) is 26.0 Å². The number of carbonyl (C=O) groups is 2. The number of hydrogen-bond donors (Lipinski definition) is 1. The molecule has 0 aromatic carbocycles. The molecule has 0 bridgehead atoms. The van der Waals surface area contributed by atoms with Gasteiger partial charge in [0.15, 0.2) is 0 Å². The third kappa shape index (κ3) is 33.0. The topological polar surface area (TPSA) is 72.8 Å². The molecule has 0 rings (SSSR count). The zero-order chi connectivity index (χ0) is 30.1. The minimum atomic E-state index is -0.958. The second kappa shape index (κ2) is 33.1. The van der Waals surface area contributed by atoms with Gasteiger partial charge in [0.1, 0.15) is 19.3 Å². The fourth-order valence-corrected chi connectivity index (χ4v) is 5.02. The molecule has 0 aliphatic heterocycles. The Morgan fingerprint density at radius 1 is 0.488 bits per heavy atom. The molecule has 0 unspecified atom stereocenters. The zero-order valence-corrected chi connectivity index (χ0v) is 27.3. The number of hydrogen-bond acceptors (Lipinski definition) is 5. The maximum Gasteiger partial charge on any atom is 0.305 e. The lowest BCUT2D eigenvalue weighted by Gasteiger charge is -2.12. The van der Waals surface area contributed by atoms with Crippen LogP contribution in [0.1, 0.15) is 187 Å². The van der Waals surface area contributed by atoms with Crippen molar-refractivity contribution in [3.8, 4) is 0 Å². The van der Waals surface area contributed by atoms with E-state index < -0.39 is 6.10 Å². The average Bonchev–Trinajstić information content (AvgIpc) is 2.97. The van der Waals surface area contributed by atoms with Gasteiger partial charge in [-0.05, 0) is 38.5 Å². The molecular formula is C36H68O5. The maximum absolute atomic E-state index is 11.9. The molecule has 5 heteroatoms. The molecule has 242 valence electrons. The largest absolute Gasteiger partial charge is 0.463 e. The molecule has 0 spiro atoms. The van der Waals surface area contributed by atoms with Crippen LogP contribution in [0.4, 0.5) is 0 Å². The van der Waals surface area contributed by atoms with Crippen molar-refractivity contribution in [3.05, 3.63) is 12.2 Å². The number of carbonyl (C=O) groups excluding carboxylic acids is 2. The summed E-state index contributed by atoms with van der Waals surface area (Å²) in [5.41, 5.74) is 0. The van der Waals surface area contributed by atoms with Crippen molar-refractivity contribution < 1.29 is 24.2 Å². The van der Waals surface area contributed by atoms with Crippen LogP contribution in [0.3, 0.4) is 0 Å². The van der Waals surface area contributed by atoms with Crippen LogP contribution >= 0.6 is 0 Å². The number of ether oxygens (including phenoxy) is 2. The van der Waals surface area contributed by atoms with Crippen molar-refractivity contribution >= 4 is 11.9 Å². The van der Waals surface area contributed by atoms with Crippen molar-refractivity contribution in [3.63, 3.8) is 0 Å². The zero-order valence-electron chi connectivity index (χ0n) is 27.3. The smallest absolute Gasteiger partial charge is 0.305 e. The van der Waals surface area contributed by atoms with Gasteiger partial charge in [-0.2, -0.15) is 0 Å². The Kier molecular flexibility index (Phi) is 32.0. The molecule has 0 heterocycles. The van der Waals surface area contributed by atoms with Crippen LogP contribution in [-0.2, 0) is 19.1 Å². The summed E-state index contributed by atoms with van der Waals surface area (Å²) in [7, 11) is 0. The standard InChI is InChI=1S/C36H68O5/c1-3-5-7-9-11-13-15-17-18-19-21-23-25-27-29-31-36(39)41-33-34(37)32-40-35(38)30-28-26-24-22-20-16-14-12-10-8-6-4-2/h13,15,34,37H,3-12,14,16-33H2,1-2H3/b15-13-/t34-/m1/s1. The van der Waals surface area contributed by atoms with Crippen LogP contribution in [0, 0.1) is 0 Å². The first-order valence-corrected chi connectivity index (χ1v) is 17.7. The summed E-state index contributed by atoms with van der Waals surface area (Å²) in [6.07, 6.45) is 35.4. The second-order valence-corrected chi connectivity index (χ2v) is 12.0. The van der Waals surface area contributed by atoms with Gasteiger partial charge in [0.25, 0.3) is 0 Å². The number of rotatable bonds is 32. The predicted molar refractivity (Wildman–Crippen MR) is 173 cm³/mol. The third-order valence-electron chi connectivity index (χ3n) is 7.75. The van der Waals surface area contributed by atoms with Crippen LogP contribution in [-0.4, -0.2) is 36.4 Å². The highest BCUT2D eigenvalue weighted by atomic mass is 16.6. The van der Waals surface area contributed by atoms with E-state index in [0.717, 1.165) is 32.1 Å². The number of esters is 2. The molecule has 5 nitrogen and oxygen atoms in total. The second-order valence-electron chi connectivity index (χ2n) is 12.0. The Balaban J connectivity index is 3.42. The first-order chi connectivity index (χ1) is 20.1. The Hall–Kier alpha value is -1.36. The van der Waals surface area contributed by atoms with E-state index in [4.69, 9.17) is 9.47 Å². The first-order valence-electron chi connectivity index (χ1n) is 17.7. The van der Waals surface area contributed by atoms with Crippen molar-refractivity contribution in [1.82, 2.24) is 0 Å². The van der Waals surface area contributed by atoms with Gasteiger partial charge in [-0.25, -0.2) is 0 Å². The molecule has 0 aromatic heterocycles. The lowest BCUT2D eigenvalue weighted by Crippen LogP contribution is -2.25. The minimum Gasteiger partial charge on any atom is -0.463 e. The predicted octanol–water partition coefficient (Wildman–Crippen LogP) is 10.6. The lowest BCUT2D eigenvalue weighted by molar-refractivity contribution is -0.152. The number of aliphatic hydroxyl groups is 1. The number of unbranched alkanes of at least 4 members (excludes halogenated alkanes) is 22. The van der Waals surface area contributed by atoms with Gasteiger partial charge in [0, 0.05) is 12.8 Å². The number of allylic oxidation sites excluding steroid dienone is 2. The molecule has 0 amide bonds. The summed E-state index contributed by atoms with van der Waals surface area (Å²) >= 11 is 0. The maximum atomic E-state index is 11.9. The van der Waals surface area contributed by atoms with Gasteiger partial charge in [-0.15, -0.1) is 0 Å². The van der Waals surface area contributed by atoms with Gasteiger partial charge in [0.05, 0.1) is 0 Å². The van der Waals surface area contributed by atoms with E-state index in [1.807, 2.05) is 0 Å². The summed E-state index contributed by atoms with van der Waals surface area (Å²) in [5.74, 6) is -0.565. The molecule has 0 saturated carbocycles. The Bertz CT molecular complexity index is 589. The van der Waals surface area contributed by atoms with Crippen LogP contribution in [0.15, 0.2) is 12.2 Å². The molecule has 0 aliphatic carbocycles. The van der Waals surface area contributed by atoms with E-state index in [1.54, 1.807) is 0 Å². The summed E-state index contributed by atoms with van der Waals surface area (Å²) in [4.78, 5) is 23.8. The van der Waals surface area contributed by atoms with Crippen molar-refractivity contribution in [1.29, 1.82) is 0 Å². The molecule has 0 fully saturated rings. The van der Waals surface area contributed by atoms with Crippen LogP contribution < -0.4 is 0 Å². The van der Waals surface area contributed by atoms with Crippen LogP contribution in [0.2, 0.25) is 0 Å². The SMILES string of the molecule is CCCCCC/C=C\CCCCCCCCCC(=O)OC[C@H](O)COC(=O)CCCCCCCCCCCCCC. The molecule has 0 saturated heterocycles. The molecule has 0 aromatic rings. The van der Waals surface area contributed by atoms with Gasteiger partial charge in [-0.3, -0.25) is 9.59 Å². The Labute approximate surface area is 254 Å². The number of aliphatic hydroxyl groups excluding tert-OH is 1. The van der Waals surface area contributed by atoms with Crippen molar-refractivity contribution in [2.75, 3.05) is 13.2 Å². The monoisotopic (exact) mass is 581 g/mol. The molecule has 41 heavy (non-hydrogen) atoms. The molecule has 0 aliphatic rings. The summed E-state index contributed by atoms with van der Waals surface area (Å²) in [6, 6.07) is 0. The highest BCUT2D eigenvalue weighted by Gasteiger charge is 2.12. The van der Waals surface area contributed by atoms with Gasteiger partial charge in [-0.1, -0.05) is 148 Å². The van der Waals surface area contributed by atoms with Crippen LogP contribution in [0.5, 0.6) is 0 Å². The summed E-state index contributed by atoms with van der Waals surface area (Å²) in [6.45, 7) is 4.28. The van der Waals surface area contributed by atoms with Gasteiger partial charge >= 0.3 is 11.9 Å². The van der Waals surface area contributed by atoms with E-state index in [1.165, 1.54) is 128 Å². The fraction of sp³-hybridized carbons (Fsp3) is 0.889. The molecule has 1 atom stereocenters. The molecule has 1 N–H and O–H groups in total. The Morgan fingerprint density at radius 2 is 0.780 bits per heavy atom. The van der Waals surface area contributed by atoms with Crippen molar-refractivity contribution in [2.45, 2.75) is 193 Å². The normalized spacial score (nSPS) is 12.2. The van der Waals surface area contributed by atoms with Crippen molar-refractivity contribution in [2.24, 2.45) is 0 Å².